The van der Waals surface area contributed by atoms with E-state index < -0.39 is 0 Å². The second-order valence-corrected chi connectivity index (χ2v) is 5.06. The van der Waals surface area contributed by atoms with Crippen LogP contribution in [-0.2, 0) is 20.7 Å². The van der Waals surface area contributed by atoms with Crippen molar-refractivity contribution >= 4 is 11.9 Å². The Bertz CT molecular complexity index is 461. The first-order valence-electron chi connectivity index (χ1n) is 6.95. The highest BCUT2D eigenvalue weighted by atomic mass is 16.5. The molecule has 2 rings (SSSR count). The average molecular weight is 276 g/mol. The second kappa shape index (κ2) is 7.03. The number of carbonyl (C=O) groups is 2. The van der Waals surface area contributed by atoms with E-state index in [1.54, 1.807) is 17.3 Å². The van der Waals surface area contributed by atoms with Gasteiger partial charge in [0.1, 0.15) is 0 Å². The van der Waals surface area contributed by atoms with Gasteiger partial charge in [-0.2, -0.15) is 0 Å². The van der Waals surface area contributed by atoms with E-state index in [4.69, 9.17) is 4.74 Å². The molecule has 2 heterocycles. The van der Waals surface area contributed by atoms with E-state index in [0.29, 0.717) is 19.4 Å². The van der Waals surface area contributed by atoms with Crippen molar-refractivity contribution in [1.29, 1.82) is 0 Å². The smallest absolute Gasteiger partial charge is 0.310 e. The van der Waals surface area contributed by atoms with Crippen molar-refractivity contribution in [2.45, 2.75) is 25.7 Å². The summed E-state index contributed by atoms with van der Waals surface area (Å²) in [6, 6.07) is 3.84. The highest BCUT2D eigenvalue weighted by Gasteiger charge is 2.28. The molecule has 1 fully saturated rings. The highest BCUT2D eigenvalue weighted by molar-refractivity contribution is 5.78. The summed E-state index contributed by atoms with van der Waals surface area (Å²) in [6.45, 7) is 1.22. The van der Waals surface area contributed by atoms with Gasteiger partial charge in [-0.1, -0.05) is 6.07 Å². The van der Waals surface area contributed by atoms with Crippen LogP contribution in [0, 0.1) is 5.92 Å². The van der Waals surface area contributed by atoms with Gasteiger partial charge in [0.2, 0.25) is 5.91 Å². The zero-order valence-electron chi connectivity index (χ0n) is 11.7. The summed E-state index contributed by atoms with van der Waals surface area (Å²) in [5.41, 5.74) is 1.06. The quantitative estimate of drug-likeness (QED) is 0.780. The van der Waals surface area contributed by atoms with Gasteiger partial charge in [0.25, 0.3) is 0 Å². The van der Waals surface area contributed by atoms with Crippen LogP contribution in [0.1, 0.15) is 24.8 Å². The first-order chi connectivity index (χ1) is 9.70. The Morgan fingerprint density at radius 1 is 1.50 bits per heavy atom. The molecule has 20 heavy (non-hydrogen) atoms. The molecule has 1 atom stereocenters. The molecule has 1 aliphatic heterocycles. The lowest BCUT2D eigenvalue weighted by Crippen LogP contribution is -2.42. The van der Waals surface area contributed by atoms with Crippen molar-refractivity contribution < 1.29 is 14.3 Å². The van der Waals surface area contributed by atoms with E-state index in [1.807, 2.05) is 12.1 Å². The van der Waals surface area contributed by atoms with Gasteiger partial charge in [-0.25, -0.2) is 0 Å². The fourth-order valence-electron chi connectivity index (χ4n) is 2.52. The minimum absolute atomic E-state index is 0.0995. The molecule has 1 aromatic rings. The number of likely N-dealkylation sites (tertiary alicyclic amines) is 1. The molecule has 1 amide bonds. The van der Waals surface area contributed by atoms with Gasteiger partial charge in [-0.3, -0.25) is 14.6 Å². The molecular weight excluding hydrogens is 256 g/mol. The number of methoxy groups -OCH3 is 1. The standard InChI is InChI=1S/C15H20N2O3/c1-20-15(19)13-5-3-9-17(11-13)14(18)7-6-12-4-2-8-16-10-12/h2,4,8,10,13H,3,5-7,9,11H2,1H3/t13-/m0/s1. The van der Waals surface area contributed by atoms with Crippen LogP contribution in [0.2, 0.25) is 0 Å². The zero-order chi connectivity index (χ0) is 14.4. The van der Waals surface area contributed by atoms with Gasteiger partial charge in [0.15, 0.2) is 0 Å². The third kappa shape index (κ3) is 3.79. The van der Waals surface area contributed by atoms with Crippen LogP contribution in [0.3, 0.4) is 0 Å². The zero-order valence-corrected chi connectivity index (χ0v) is 11.7. The van der Waals surface area contributed by atoms with Gasteiger partial charge in [0.05, 0.1) is 13.0 Å². The lowest BCUT2D eigenvalue weighted by molar-refractivity contribution is -0.149. The molecule has 1 aromatic heterocycles. The van der Waals surface area contributed by atoms with Crippen LogP contribution in [0.4, 0.5) is 0 Å². The highest BCUT2D eigenvalue weighted by Crippen LogP contribution is 2.18. The van der Waals surface area contributed by atoms with Crippen LogP contribution in [0.15, 0.2) is 24.5 Å². The molecule has 5 heteroatoms. The van der Waals surface area contributed by atoms with Crippen LogP contribution in [-0.4, -0.2) is 42.0 Å². The van der Waals surface area contributed by atoms with Crippen LogP contribution in [0.25, 0.3) is 0 Å². The Morgan fingerprint density at radius 3 is 3.05 bits per heavy atom. The number of ether oxygens (including phenoxy) is 1. The first kappa shape index (κ1) is 14.5. The number of amides is 1. The number of nitrogens with zero attached hydrogens (tertiary/aromatic N) is 2. The number of piperidine rings is 1. The molecule has 0 saturated carbocycles. The van der Waals surface area contributed by atoms with E-state index in [2.05, 4.69) is 4.98 Å². The first-order valence-corrected chi connectivity index (χ1v) is 6.95. The van der Waals surface area contributed by atoms with E-state index in [1.165, 1.54) is 7.11 Å². The molecule has 0 N–H and O–H groups in total. The fraction of sp³-hybridized carbons (Fsp3) is 0.533. The van der Waals surface area contributed by atoms with Crippen LogP contribution < -0.4 is 0 Å². The number of rotatable bonds is 4. The molecule has 0 aliphatic carbocycles. The molecular formula is C15H20N2O3. The SMILES string of the molecule is COC(=O)[C@H]1CCCN(C(=O)CCc2cccnc2)C1. The Labute approximate surface area is 118 Å². The number of hydrogen-bond acceptors (Lipinski definition) is 4. The lowest BCUT2D eigenvalue weighted by Gasteiger charge is -2.31. The second-order valence-electron chi connectivity index (χ2n) is 5.06. The Hall–Kier alpha value is -1.91. The molecule has 0 bridgehead atoms. The van der Waals surface area contributed by atoms with Gasteiger partial charge in [-0.05, 0) is 30.9 Å². The van der Waals surface area contributed by atoms with Crippen molar-refractivity contribution in [1.82, 2.24) is 9.88 Å². The number of aromatic nitrogens is 1. The van der Waals surface area contributed by atoms with E-state index in [0.717, 1.165) is 24.9 Å². The van der Waals surface area contributed by atoms with E-state index in [9.17, 15) is 9.59 Å². The number of pyridine rings is 1. The number of aryl methyl sites for hydroxylation is 1. The Kier molecular flexibility index (Phi) is 5.09. The molecule has 108 valence electrons. The Balaban J connectivity index is 1.84. The van der Waals surface area contributed by atoms with Crippen molar-refractivity contribution in [3.63, 3.8) is 0 Å². The van der Waals surface area contributed by atoms with E-state index >= 15 is 0 Å². The number of esters is 1. The van der Waals surface area contributed by atoms with Crippen LogP contribution in [0.5, 0.6) is 0 Å². The molecule has 0 aromatic carbocycles. The summed E-state index contributed by atoms with van der Waals surface area (Å²) < 4.78 is 4.76. The predicted molar refractivity (Wildman–Crippen MR) is 73.9 cm³/mol. The molecule has 0 spiro atoms. The van der Waals surface area contributed by atoms with Gasteiger partial charge >= 0.3 is 5.97 Å². The summed E-state index contributed by atoms with van der Waals surface area (Å²) in [5.74, 6) is -0.284. The summed E-state index contributed by atoms with van der Waals surface area (Å²) in [4.78, 5) is 29.5. The Morgan fingerprint density at radius 2 is 2.35 bits per heavy atom. The molecule has 0 radical (unpaired) electrons. The third-order valence-electron chi connectivity index (χ3n) is 3.66. The summed E-state index contributed by atoms with van der Waals surface area (Å²) >= 11 is 0. The molecule has 1 aliphatic rings. The minimum Gasteiger partial charge on any atom is -0.469 e. The third-order valence-corrected chi connectivity index (χ3v) is 3.66. The van der Waals surface area contributed by atoms with Crippen molar-refractivity contribution in [2.24, 2.45) is 5.92 Å². The average Bonchev–Trinajstić information content (AvgIpc) is 2.53. The fourth-order valence-corrected chi connectivity index (χ4v) is 2.52. The van der Waals surface area contributed by atoms with Crippen molar-refractivity contribution in [3.8, 4) is 0 Å². The molecule has 5 nitrogen and oxygen atoms in total. The summed E-state index contributed by atoms with van der Waals surface area (Å²) in [5, 5.41) is 0. The van der Waals surface area contributed by atoms with Gasteiger partial charge in [0, 0.05) is 31.9 Å². The predicted octanol–water partition coefficient (Wildman–Crippen LogP) is 1.43. The largest absolute Gasteiger partial charge is 0.469 e. The summed E-state index contributed by atoms with van der Waals surface area (Å²) in [6.07, 6.45) is 6.31. The van der Waals surface area contributed by atoms with Crippen molar-refractivity contribution in [2.75, 3.05) is 20.2 Å². The lowest BCUT2D eigenvalue weighted by atomic mass is 9.97. The normalized spacial score (nSPS) is 18.6. The maximum absolute atomic E-state index is 12.2. The van der Waals surface area contributed by atoms with E-state index in [-0.39, 0.29) is 17.8 Å². The molecule has 1 saturated heterocycles. The number of carbonyl (C=O) groups excluding carboxylic acids is 2. The van der Waals surface area contributed by atoms with Crippen LogP contribution >= 0.6 is 0 Å². The topological polar surface area (TPSA) is 59.5 Å². The van der Waals surface area contributed by atoms with Crippen molar-refractivity contribution in [3.05, 3.63) is 30.1 Å². The molecule has 0 unspecified atom stereocenters. The van der Waals surface area contributed by atoms with Gasteiger partial charge < -0.3 is 9.64 Å². The number of hydrogen-bond donors (Lipinski definition) is 0. The minimum atomic E-state index is -0.213. The maximum atomic E-state index is 12.2. The van der Waals surface area contributed by atoms with Gasteiger partial charge in [-0.15, -0.1) is 0 Å². The maximum Gasteiger partial charge on any atom is 0.310 e. The summed E-state index contributed by atoms with van der Waals surface area (Å²) in [7, 11) is 1.39. The monoisotopic (exact) mass is 276 g/mol.